The van der Waals surface area contributed by atoms with E-state index in [2.05, 4.69) is 18.9 Å². The number of fused-ring (bicyclic) bond motifs is 5. The highest BCUT2D eigenvalue weighted by atomic mass is 35.5. The summed E-state index contributed by atoms with van der Waals surface area (Å²) in [4.78, 5) is 0. The van der Waals surface area contributed by atoms with Crippen LogP contribution in [-0.4, -0.2) is 14.9 Å². The first-order chi connectivity index (χ1) is 9.09. The lowest BCUT2D eigenvalue weighted by Gasteiger charge is -2.19. The zero-order chi connectivity index (χ0) is 13.3. The van der Waals surface area contributed by atoms with Gasteiger partial charge in [0.05, 0.1) is 16.9 Å². The van der Waals surface area contributed by atoms with Crippen LogP contribution < -0.4 is 0 Å². The Kier molecular flexibility index (Phi) is 2.56. The van der Waals surface area contributed by atoms with E-state index < -0.39 is 6.10 Å². The van der Waals surface area contributed by atoms with Gasteiger partial charge in [-0.2, -0.15) is 5.10 Å². The van der Waals surface area contributed by atoms with Crippen LogP contribution in [0.3, 0.4) is 0 Å². The van der Waals surface area contributed by atoms with Gasteiger partial charge in [-0.05, 0) is 62.7 Å². The van der Waals surface area contributed by atoms with Crippen LogP contribution in [0.25, 0.3) is 0 Å². The molecule has 4 heteroatoms. The van der Waals surface area contributed by atoms with Gasteiger partial charge in [-0.3, -0.25) is 4.68 Å². The van der Waals surface area contributed by atoms with Gasteiger partial charge in [0.1, 0.15) is 6.10 Å². The molecule has 1 N–H and O–H groups in total. The molecule has 4 rings (SSSR count). The van der Waals surface area contributed by atoms with E-state index in [0.29, 0.717) is 10.9 Å². The van der Waals surface area contributed by atoms with E-state index in [1.807, 2.05) is 4.68 Å². The number of halogens is 1. The van der Waals surface area contributed by atoms with Crippen LogP contribution in [0.4, 0.5) is 0 Å². The van der Waals surface area contributed by atoms with Crippen LogP contribution in [0.2, 0.25) is 5.02 Å². The smallest absolute Gasteiger partial charge is 0.101 e. The maximum absolute atomic E-state index is 10.8. The maximum Gasteiger partial charge on any atom is 0.101 e. The summed E-state index contributed by atoms with van der Waals surface area (Å²) in [6.45, 7) is 4.16. The van der Waals surface area contributed by atoms with Crippen molar-refractivity contribution in [3.05, 3.63) is 16.9 Å². The summed E-state index contributed by atoms with van der Waals surface area (Å²) in [5.74, 6) is 3.73. The maximum atomic E-state index is 10.8. The van der Waals surface area contributed by atoms with Crippen LogP contribution in [-0.2, 0) is 0 Å². The highest BCUT2D eigenvalue weighted by Gasteiger charge is 2.67. The van der Waals surface area contributed by atoms with Gasteiger partial charge < -0.3 is 5.11 Å². The first-order valence-corrected chi connectivity index (χ1v) is 7.88. The van der Waals surface area contributed by atoms with Gasteiger partial charge in [0, 0.05) is 6.04 Å². The van der Waals surface area contributed by atoms with Gasteiger partial charge in [-0.1, -0.05) is 11.6 Å². The summed E-state index contributed by atoms with van der Waals surface area (Å²) < 4.78 is 1.89. The minimum atomic E-state index is -0.421. The van der Waals surface area contributed by atoms with Crippen molar-refractivity contribution in [1.29, 1.82) is 0 Å². The van der Waals surface area contributed by atoms with Gasteiger partial charge in [-0.15, -0.1) is 0 Å². The molecule has 0 aliphatic heterocycles. The van der Waals surface area contributed by atoms with E-state index in [4.69, 9.17) is 11.6 Å². The molecule has 104 valence electrons. The van der Waals surface area contributed by atoms with Gasteiger partial charge in [0.25, 0.3) is 0 Å². The Labute approximate surface area is 118 Å². The summed E-state index contributed by atoms with van der Waals surface area (Å²) in [7, 11) is 0. The first-order valence-electron chi connectivity index (χ1n) is 7.50. The van der Waals surface area contributed by atoms with Crippen LogP contribution in [0, 0.1) is 29.6 Å². The fraction of sp³-hybridized carbons (Fsp3) is 0.800. The standard InChI is InChI=1S/C15H21ClN2O/c1-7(2)18-14(10(16)6-17-18)15(19)13-11-8-3-4-9(5-8)12(11)13/h6-9,11-13,15,19H,3-5H2,1-2H3. The molecule has 3 saturated carbocycles. The molecule has 3 aliphatic rings. The Hall–Kier alpha value is -0.540. The highest BCUT2D eigenvalue weighted by Crippen LogP contribution is 2.72. The molecule has 0 saturated heterocycles. The molecule has 5 unspecified atom stereocenters. The fourth-order valence-corrected chi connectivity index (χ4v) is 5.28. The van der Waals surface area contributed by atoms with E-state index in [9.17, 15) is 5.11 Å². The van der Waals surface area contributed by atoms with Crippen LogP contribution >= 0.6 is 11.6 Å². The topological polar surface area (TPSA) is 38.0 Å². The molecule has 1 aromatic rings. The molecule has 1 aromatic heterocycles. The van der Waals surface area contributed by atoms with Crippen molar-refractivity contribution in [3.8, 4) is 0 Å². The number of nitrogens with zero attached hydrogens (tertiary/aromatic N) is 2. The molecule has 3 fully saturated rings. The van der Waals surface area contributed by atoms with E-state index >= 15 is 0 Å². The van der Waals surface area contributed by atoms with Crippen molar-refractivity contribution in [1.82, 2.24) is 9.78 Å². The number of aliphatic hydroxyl groups excluding tert-OH is 1. The molecular formula is C15H21ClN2O. The predicted molar refractivity (Wildman–Crippen MR) is 73.9 cm³/mol. The van der Waals surface area contributed by atoms with Crippen molar-refractivity contribution in [2.45, 2.75) is 45.3 Å². The predicted octanol–water partition coefficient (Wildman–Crippen LogP) is 3.44. The summed E-state index contributed by atoms with van der Waals surface area (Å²) in [5, 5.41) is 15.7. The van der Waals surface area contributed by atoms with Crippen LogP contribution in [0.1, 0.15) is 50.9 Å². The largest absolute Gasteiger partial charge is 0.386 e. The van der Waals surface area contributed by atoms with Gasteiger partial charge in [0.2, 0.25) is 0 Å². The Morgan fingerprint density at radius 3 is 2.53 bits per heavy atom. The Morgan fingerprint density at radius 1 is 1.32 bits per heavy atom. The second kappa shape index (κ2) is 3.98. The second-order valence-electron chi connectivity index (χ2n) is 6.93. The zero-order valence-corrected chi connectivity index (χ0v) is 12.2. The Morgan fingerprint density at radius 2 is 1.95 bits per heavy atom. The van der Waals surface area contributed by atoms with Gasteiger partial charge in [-0.25, -0.2) is 0 Å². The van der Waals surface area contributed by atoms with E-state index in [1.54, 1.807) is 6.20 Å². The summed E-state index contributed by atoms with van der Waals surface area (Å²) in [6.07, 6.45) is 5.43. The molecule has 0 amide bonds. The monoisotopic (exact) mass is 280 g/mol. The normalized spacial score (nSPS) is 40.8. The summed E-state index contributed by atoms with van der Waals surface area (Å²) in [5.41, 5.74) is 0.843. The second-order valence-corrected chi connectivity index (χ2v) is 7.33. The third kappa shape index (κ3) is 1.58. The molecule has 0 radical (unpaired) electrons. The zero-order valence-electron chi connectivity index (χ0n) is 11.5. The van der Waals surface area contributed by atoms with Crippen molar-refractivity contribution in [3.63, 3.8) is 0 Å². The molecule has 3 aliphatic carbocycles. The molecule has 3 nitrogen and oxygen atoms in total. The molecule has 2 bridgehead atoms. The number of aliphatic hydroxyl groups is 1. The Bertz CT molecular complexity index is 496. The quantitative estimate of drug-likeness (QED) is 0.921. The number of rotatable bonds is 3. The Balaban J connectivity index is 1.62. The minimum absolute atomic E-state index is 0.243. The van der Waals surface area contributed by atoms with Crippen molar-refractivity contribution < 1.29 is 5.11 Å². The van der Waals surface area contributed by atoms with E-state index in [-0.39, 0.29) is 6.04 Å². The third-order valence-electron chi connectivity index (χ3n) is 5.72. The number of aromatic nitrogens is 2. The summed E-state index contributed by atoms with van der Waals surface area (Å²) in [6, 6.07) is 0.243. The van der Waals surface area contributed by atoms with Crippen molar-refractivity contribution >= 4 is 11.6 Å². The SMILES string of the molecule is CC(C)n1ncc(Cl)c1C(O)C1C2C3CCC(C3)C21. The lowest BCUT2D eigenvalue weighted by atomic mass is 9.97. The molecular weight excluding hydrogens is 260 g/mol. The minimum Gasteiger partial charge on any atom is -0.386 e. The third-order valence-corrected chi connectivity index (χ3v) is 6.01. The molecule has 19 heavy (non-hydrogen) atoms. The average Bonchev–Trinajstić information content (AvgIpc) is 2.72. The van der Waals surface area contributed by atoms with E-state index in [1.165, 1.54) is 19.3 Å². The lowest BCUT2D eigenvalue weighted by Crippen LogP contribution is -2.16. The van der Waals surface area contributed by atoms with Crippen molar-refractivity contribution in [2.75, 3.05) is 0 Å². The number of hydrogen-bond acceptors (Lipinski definition) is 2. The highest BCUT2D eigenvalue weighted by molar-refractivity contribution is 6.31. The molecule has 5 atom stereocenters. The molecule has 1 heterocycles. The molecule has 0 spiro atoms. The number of hydrogen-bond donors (Lipinski definition) is 1. The van der Waals surface area contributed by atoms with E-state index in [0.717, 1.165) is 29.4 Å². The first kappa shape index (κ1) is 12.2. The van der Waals surface area contributed by atoms with Crippen LogP contribution in [0.15, 0.2) is 6.20 Å². The molecule has 0 aromatic carbocycles. The summed E-state index contributed by atoms with van der Waals surface area (Å²) >= 11 is 6.26. The average molecular weight is 281 g/mol. The lowest BCUT2D eigenvalue weighted by molar-refractivity contribution is 0.119. The van der Waals surface area contributed by atoms with Crippen molar-refractivity contribution in [2.24, 2.45) is 29.6 Å². The van der Waals surface area contributed by atoms with Gasteiger partial charge >= 0.3 is 0 Å². The van der Waals surface area contributed by atoms with Gasteiger partial charge in [0.15, 0.2) is 0 Å². The fourth-order valence-electron chi connectivity index (χ4n) is 5.04. The van der Waals surface area contributed by atoms with Crippen LogP contribution in [0.5, 0.6) is 0 Å².